The Morgan fingerprint density at radius 2 is 1.95 bits per heavy atom. The van der Waals surface area contributed by atoms with Crippen LogP contribution in [-0.2, 0) is 0 Å². The molecular formula is C17H25NO2. The molecule has 1 saturated carbocycles. The molecule has 0 saturated heterocycles. The third-order valence-corrected chi connectivity index (χ3v) is 4.17. The number of hydrogen-bond acceptors (Lipinski definition) is 3. The van der Waals surface area contributed by atoms with E-state index in [0.717, 1.165) is 6.54 Å². The van der Waals surface area contributed by atoms with E-state index in [0.29, 0.717) is 24.0 Å². The summed E-state index contributed by atoms with van der Waals surface area (Å²) < 4.78 is 5.80. The second-order valence-electron chi connectivity index (χ2n) is 5.67. The number of carbonyl (C=O) groups excluding carboxylic acids is 1. The van der Waals surface area contributed by atoms with Crippen LogP contribution in [0.5, 0.6) is 5.75 Å². The minimum Gasteiger partial charge on any atom is -0.491 e. The van der Waals surface area contributed by atoms with E-state index in [1.54, 1.807) is 6.92 Å². The summed E-state index contributed by atoms with van der Waals surface area (Å²) in [5, 5.41) is 0. The van der Waals surface area contributed by atoms with Crippen LogP contribution in [0.1, 0.15) is 49.4 Å². The van der Waals surface area contributed by atoms with E-state index in [2.05, 4.69) is 11.9 Å². The highest BCUT2D eigenvalue weighted by atomic mass is 16.5. The van der Waals surface area contributed by atoms with Gasteiger partial charge in [0.15, 0.2) is 5.78 Å². The number of carbonyl (C=O) groups is 1. The van der Waals surface area contributed by atoms with Crippen molar-refractivity contribution in [2.75, 3.05) is 20.2 Å². The Labute approximate surface area is 121 Å². The third-order valence-electron chi connectivity index (χ3n) is 4.17. The zero-order chi connectivity index (χ0) is 14.4. The van der Waals surface area contributed by atoms with Gasteiger partial charge in [-0.1, -0.05) is 31.4 Å². The molecule has 1 aliphatic rings. The molecule has 1 aliphatic carbocycles. The summed E-state index contributed by atoms with van der Waals surface area (Å²) in [6.45, 7) is 3.13. The van der Waals surface area contributed by atoms with Crippen molar-refractivity contribution in [2.45, 2.75) is 45.1 Å². The number of nitrogens with zero attached hydrogens (tertiary/aromatic N) is 1. The largest absolute Gasteiger partial charge is 0.491 e. The molecule has 1 aromatic carbocycles. The van der Waals surface area contributed by atoms with Gasteiger partial charge in [-0.15, -0.1) is 0 Å². The molecule has 0 unspecified atom stereocenters. The number of likely N-dealkylation sites (N-methyl/N-ethyl adjacent to an activating group) is 1. The van der Waals surface area contributed by atoms with Crippen LogP contribution in [-0.4, -0.2) is 36.9 Å². The molecule has 20 heavy (non-hydrogen) atoms. The first-order valence-corrected chi connectivity index (χ1v) is 7.61. The van der Waals surface area contributed by atoms with Crippen molar-refractivity contribution in [3.63, 3.8) is 0 Å². The first-order chi connectivity index (χ1) is 9.68. The molecule has 0 amide bonds. The van der Waals surface area contributed by atoms with Crippen LogP contribution in [0, 0.1) is 0 Å². The highest BCUT2D eigenvalue weighted by Gasteiger charge is 2.17. The molecule has 0 N–H and O–H groups in total. The van der Waals surface area contributed by atoms with Gasteiger partial charge in [-0.3, -0.25) is 4.79 Å². The summed E-state index contributed by atoms with van der Waals surface area (Å²) in [6, 6.07) is 8.18. The van der Waals surface area contributed by atoms with Crippen molar-refractivity contribution in [2.24, 2.45) is 0 Å². The lowest BCUT2D eigenvalue weighted by molar-refractivity contribution is 0.101. The van der Waals surface area contributed by atoms with E-state index in [-0.39, 0.29) is 5.78 Å². The maximum atomic E-state index is 11.5. The van der Waals surface area contributed by atoms with Gasteiger partial charge in [0.2, 0.25) is 0 Å². The monoisotopic (exact) mass is 275 g/mol. The summed E-state index contributed by atoms with van der Waals surface area (Å²) in [7, 11) is 2.18. The fourth-order valence-corrected chi connectivity index (χ4v) is 2.89. The molecule has 3 nitrogen and oxygen atoms in total. The Balaban J connectivity index is 1.82. The summed E-state index contributed by atoms with van der Waals surface area (Å²) in [4.78, 5) is 13.9. The van der Waals surface area contributed by atoms with Gasteiger partial charge in [0.1, 0.15) is 12.4 Å². The highest BCUT2D eigenvalue weighted by Crippen LogP contribution is 2.22. The van der Waals surface area contributed by atoms with Crippen molar-refractivity contribution in [3.05, 3.63) is 29.8 Å². The highest BCUT2D eigenvalue weighted by molar-refractivity contribution is 5.96. The van der Waals surface area contributed by atoms with Gasteiger partial charge in [-0.25, -0.2) is 0 Å². The maximum Gasteiger partial charge on any atom is 0.163 e. The molecule has 0 atom stereocenters. The molecule has 0 spiro atoms. The van der Waals surface area contributed by atoms with E-state index in [1.807, 2.05) is 24.3 Å². The van der Waals surface area contributed by atoms with Gasteiger partial charge >= 0.3 is 0 Å². The van der Waals surface area contributed by atoms with Crippen LogP contribution in [0.25, 0.3) is 0 Å². The van der Waals surface area contributed by atoms with Crippen molar-refractivity contribution in [3.8, 4) is 5.75 Å². The van der Waals surface area contributed by atoms with Crippen molar-refractivity contribution >= 4 is 5.78 Å². The maximum absolute atomic E-state index is 11.5. The van der Waals surface area contributed by atoms with Gasteiger partial charge < -0.3 is 9.64 Å². The van der Waals surface area contributed by atoms with Gasteiger partial charge in [0.05, 0.1) is 5.56 Å². The Kier molecular flexibility index (Phi) is 5.60. The number of ketones is 1. The molecule has 0 bridgehead atoms. The molecule has 0 aromatic heterocycles. The number of benzene rings is 1. The molecule has 2 rings (SSSR count). The standard InChI is InChI=1S/C17H25NO2/c1-14(19)16-10-6-7-11-17(16)20-13-12-18(2)15-8-4-3-5-9-15/h6-7,10-11,15H,3-5,8-9,12-13H2,1-2H3. The normalized spacial score (nSPS) is 16.4. The SMILES string of the molecule is CC(=O)c1ccccc1OCCN(C)C1CCCCC1. The van der Waals surface area contributed by atoms with E-state index in [9.17, 15) is 4.79 Å². The first-order valence-electron chi connectivity index (χ1n) is 7.61. The summed E-state index contributed by atoms with van der Waals surface area (Å²) in [6.07, 6.45) is 6.69. The van der Waals surface area contributed by atoms with E-state index >= 15 is 0 Å². The van der Waals surface area contributed by atoms with Gasteiger partial charge in [-0.2, -0.15) is 0 Å². The van der Waals surface area contributed by atoms with Crippen molar-refractivity contribution in [1.82, 2.24) is 4.90 Å². The molecule has 1 aromatic rings. The zero-order valence-corrected chi connectivity index (χ0v) is 12.6. The minimum absolute atomic E-state index is 0.0567. The molecule has 0 aliphatic heterocycles. The lowest BCUT2D eigenvalue weighted by Crippen LogP contribution is -2.36. The molecule has 0 heterocycles. The van der Waals surface area contributed by atoms with Gasteiger partial charge in [0, 0.05) is 12.6 Å². The second kappa shape index (κ2) is 7.44. The Morgan fingerprint density at radius 3 is 2.65 bits per heavy atom. The average Bonchev–Trinajstić information content (AvgIpc) is 2.48. The summed E-state index contributed by atoms with van der Waals surface area (Å²) in [5.41, 5.74) is 0.674. The van der Waals surface area contributed by atoms with Gasteiger partial charge in [0.25, 0.3) is 0 Å². The number of para-hydroxylation sites is 1. The van der Waals surface area contributed by atoms with Crippen molar-refractivity contribution < 1.29 is 9.53 Å². The molecule has 1 fully saturated rings. The topological polar surface area (TPSA) is 29.5 Å². The third kappa shape index (κ3) is 4.07. The number of hydrogen-bond donors (Lipinski definition) is 0. The summed E-state index contributed by atoms with van der Waals surface area (Å²) >= 11 is 0. The van der Waals surface area contributed by atoms with E-state index < -0.39 is 0 Å². The quantitative estimate of drug-likeness (QED) is 0.744. The molecule has 3 heteroatoms. The molecule has 110 valence electrons. The van der Waals surface area contributed by atoms with E-state index in [1.165, 1.54) is 32.1 Å². The van der Waals surface area contributed by atoms with Crippen molar-refractivity contribution in [1.29, 1.82) is 0 Å². The lowest BCUT2D eigenvalue weighted by atomic mass is 9.94. The molecule has 0 radical (unpaired) electrons. The lowest BCUT2D eigenvalue weighted by Gasteiger charge is -2.31. The molecular weight excluding hydrogens is 250 g/mol. The van der Waals surface area contributed by atoms with Gasteiger partial charge in [-0.05, 0) is 38.9 Å². The van der Waals surface area contributed by atoms with Crippen LogP contribution < -0.4 is 4.74 Å². The van der Waals surface area contributed by atoms with Crippen LogP contribution >= 0.6 is 0 Å². The second-order valence-corrected chi connectivity index (χ2v) is 5.67. The predicted molar refractivity (Wildman–Crippen MR) is 81.4 cm³/mol. The Morgan fingerprint density at radius 1 is 1.25 bits per heavy atom. The summed E-state index contributed by atoms with van der Waals surface area (Å²) in [5.74, 6) is 0.762. The number of rotatable bonds is 6. The Bertz CT molecular complexity index is 438. The minimum atomic E-state index is 0.0567. The zero-order valence-electron chi connectivity index (χ0n) is 12.6. The van der Waals surface area contributed by atoms with Crippen LogP contribution in [0.2, 0.25) is 0 Å². The van der Waals surface area contributed by atoms with Crippen LogP contribution in [0.15, 0.2) is 24.3 Å². The number of Topliss-reactive ketones (excluding diaryl/α,β-unsaturated/α-hetero) is 1. The fraction of sp³-hybridized carbons (Fsp3) is 0.588. The fourth-order valence-electron chi connectivity index (χ4n) is 2.89. The predicted octanol–water partition coefficient (Wildman–Crippen LogP) is 3.53. The first kappa shape index (κ1) is 15.0. The van der Waals surface area contributed by atoms with Crippen LogP contribution in [0.4, 0.5) is 0 Å². The average molecular weight is 275 g/mol. The van der Waals surface area contributed by atoms with Crippen LogP contribution in [0.3, 0.4) is 0 Å². The Hall–Kier alpha value is -1.35. The van der Waals surface area contributed by atoms with E-state index in [4.69, 9.17) is 4.74 Å². The number of ether oxygens (including phenoxy) is 1. The smallest absolute Gasteiger partial charge is 0.163 e.